The maximum absolute atomic E-state index is 12.4. The minimum Gasteiger partial charge on any atom is -0.348 e. The zero-order valence-electron chi connectivity index (χ0n) is 12.8. The number of likely N-dealkylation sites (N-methyl/N-ethyl adjacent to an activating group) is 1. The molecule has 6 nitrogen and oxygen atoms in total. The first-order chi connectivity index (χ1) is 9.49. The highest BCUT2D eigenvalue weighted by Gasteiger charge is 2.33. The molecular formula is C14H26N4O2. The van der Waals surface area contributed by atoms with Crippen molar-refractivity contribution in [2.45, 2.75) is 6.92 Å². The van der Waals surface area contributed by atoms with Crippen molar-refractivity contribution < 1.29 is 9.59 Å². The van der Waals surface area contributed by atoms with Gasteiger partial charge in [0, 0.05) is 46.2 Å². The first-order valence-electron chi connectivity index (χ1n) is 7.41. The van der Waals surface area contributed by atoms with Gasteiger partial charge in [0.15, 0.2) is 0 Å². The first kappa shape index (κ1) is 15.3. The van der Waals surface area contributed by atoms with Crippen LogP contribution in [-0.4, -0.2) is 86.4 Å². The number of rotatable bonds is 4. The normalized spacial score (nSPS) is 22.2. The number of amides is 2. The Morgan fingerprint density at radius 2 is 1.80 bits per heavy atom. The van der Waals surface area contributed by atoms with E-state index < -0.39 is 0 Å². The summed E-state index contributed by atoms with van der Waals surface area (Å²) in [6.45, 7) is 7.48. The molecule has 0 bridgehead atoms. The van der Waals surface area contributed by atoms with Gasteiger partial charge in [-0.3, -0.25) is 14.5 Å². The molecule has 0 aromatic carbocycles. The molecule has 2 aliphatic heterocycles. The van der Waals surface area contributed by atoms with Gasteiger partial charge in [0.1, 0.15) is 0 Å². The molecule has 0 spiro atoms. The third kappa shape index (κ3) is 3.49. The van der Waals surface area contributed by atoms with E-state index in [1.807, 2.05) is 11.8 Å². The molecule has 1 N–H and O–H groups in total. The summed E-state index contributed by atoms with van der Waals surface area (Å²) in [5.74, 6) is 1.01. The van der Waals surface area contributed by atoms with E-state index in [0.717, 1.165) is 39.3 Å². The van der Waals surface area contributed by atoms with E-state index in [0.29, 0.717) is 12.5 Å². The lowest BCUT2D eigenvalue weighted by molar-refractivity contribution is -0.139. The Kier molecular flexibility index (Phi) is 4.99. The highest BCUT2D eigenvalue weighted by Crippen LogP contribution is 2.19. The maximum atomic E-state index is 12.4. The summed E-state index contributed by atoms with van der Waals surface area (Å²) in [4.78, 5) is 29.7. The molecule has 0 aromatic rings. The van der Waals surface area contributed by atoms with E-state index >= 15 is 0 Å². The molecule has 114 valence electrons. The maximum Gasteiger partial charge on any atom is 0.236 e. The number of nitrogens with zero attached hydrogens (tertiary/aromatic N) is 3. The topological polar surface area (TPSA) is 55.9 Å². The Bertz CT molecular complexity index is 360. The molecule has 1 atom stereocenters. The number of piperazine rings is 1. The van der Waals surface area contributed by atoms with Crippen molar-refractivity contribution >= 4 is 11.8 Å². The van der Waals surface area contributed by atoms with E-state index in [9.17, 15) is 9.59 Å². The third-order valence-electron chi connectivity index (χ3n) is 4.45. The van der Waals surface area contributed by atoms with E-state index in [1.54, 1.807) is 19.0 Å². The van der Waals surface area contributed by atoms with Crippen LogP contribution in [0.3, 0.4) is 0 Å². The predicted molar refractivity (Wildman–Crippen MR) is 77.2 cm³/mol. The van der Waals surface area contributed by atoms with Gasteiger partial charge in [-0.25, -0.2) is 0 Å². The average molecular weight is 282 g/mol. The standard InChI is InChI=1S/C14H26N4O2/c1-11(12-8-15-9-12)14(20)18-6-4-17(5-7-18)10-13(19)16(2)3/h11-12,15H,4-10H2,1-3H3. The van der Waals surface area contributed by atoms with Crippen molar-refractivity contribution in [1.29, 1.82) is 0 Å². The van der Waals surface area contributed by atoms with Crippen LogP contribution < -0.4 is 5.32 Å². The Labute approximate surface area is 121 Å². The van der Waals surface area contributed by atoms with Crippen molar-refractivity contribution in [1.82, 2.24) is 20.0 Å². The van der Waals surface area contributed by atoms with Crippen molar-refractivity contribution in [3.63, 3.8) is 0 Å². The second kappa shape index (κ2) is 6.54. The van der Waals surface area contributed by atoms with Crippen LogP contribution in [0.5, 0.6) is 0 Å². The summed E-state index contributed by atoms with van der Waals surface area (Å²) in [6.07, 6.45) is 0. The Balaban J connectivity index is 1.76. The van der Waals surface area contributed by atoms with E-state index in [1.165, 1.54) is 0 Å². The van der Waals surface area contributed by atoms with Crippen LogP contribution in [-0.2, 0) is 9.59 Å². The van der Waals surface area contributed by atoms with Crippen LogP contribution in [0.4, 0.5) is 0 Å². The van der Waals surface area contributed by atoms with E-state index in [-0.39, 0.29) is 17.7 Å². The van der Waals surface area contributed by atoms with Gasteiger partial charge in [-0.2, -0.15) is 0 Å². The van der Waals surface area contributed by atoms with Crippen LogP contribution in [0.1, 0.15) is 6.92 Å². The van der Waals surface area contributed by atoms with E-state index in [2.05, 4.69) is 10.2 Å². The molecule has 0 aliphatic carbocycles. The number of carbonyl (C=O) groups is 2. The zero-order chi connectivity index (χ0) is 14.7. The highest BCUT2D eigenvalue weighted by molar-refractivity contribution is 5.79. The molecule has 1 unspecified atom stereocenters. The fourth-order valence-electron chi connectivity index (χ4n) is 2.61. The number of hydrogen-bond donors (Lipinski definition) is 1. The van der Waals surface area contributed by atoms with Crippen LogP contribution in [0.25, 0.3) is 0 Å². The summed E-state index contributed by atoms with van der Waals surface area (Å²) < 4.78 is 0. The minimum atomic E-state index is 0.117. The predicted octanol–water partition coefficient (Wildman–Crippen LogP) is -0.926. The van der Waals surface area contributed by atoms with Crippen molar-refractivity contribution in [2.24, 2.45) is 11.8 Å². The smallest absolute Gasteiger partial charge is 0.236 e. The largest absolute Gasteiger partial charge is 0.348 e. The molecule has 2 rings (SSSR count). The number of carbonyl (C=O) groups excluding carboxylic acids is 2. The molecule has 2 heterocycles. The average Bonchev–Trinajstić information content (AvgIpc) is 2.36. The minimum absolute atomic E-state index is 0.117. The molecule has 6 heteroatoms. The lowest BCUT2D eigenvalue weighted by Crippen LogP contribution is -2.55. The van der Waals surface area contributed by atoms with Crippen LogP contribution in [0.2, 0.25) is 0 Å². The summed E-state index contributed by atoms with van der Waals surface area (Å²) >= 11 is 0. The molecule has 2 saturated heterocycles. The Morgan fingerprint density at radius 1 is 1.20 bits per heavy atom. The monoisotopic (exact) mass is 282 g/mol. The highest BCUT2D eigenvalue weighted by atomic mass is 16.2. The van der Waals surface area contributed by atoms with Gasteiger partial charge in [-0.15, -0.1) is 0 Å². The lowest BCUT2D eigenvalue weighted by Gasteiger charge is -2.39. The summed E-state index contributed by atoms with van der Waals surface area (Å²) in [6, 6.07) is 0. The third-order valence-corrected chi connectivity index (χ3v) is 4.45. The Morgan fingerprint density at radius 3 is 2.25 bits per heavy atom. The molecule has 20 heavy (non-hydrogen) atoms. The SMILES string of the molecule is CC(C(=O)N1CCN(CC(=O)N(C)C)CC1)C1CNC1. The molecule has 2 aliphatic rings. The van der Waals surface area contributed by atoms with Gasteiger partial charge in [0.05, 0.1) is 6.54 Å². The molecule has 0 saturated carbocycles. The summed E-state index contributed by atoms with van der Waals surface area (Å²) in [5.41, 5.74) is 0. The fourth-order valence-corrected chi connectivity index (χ4v) is 2.61. The van der Waals surface area contributed by atoms with Crippen molar-refractivity contribution in [2.75, 3.05) is 59.9 Å². The molecular weight excluding hydrogens is 256 g/mol. The fraction of sp³-hybridized carbons (Fsp3) is 0.857. The van der Waals surface area contributed by atoms with Crippen LogP contribution in [0.15, 0.2) is 0 Å². The van der Waals surface area contributed by atoms with E-state index in [4.69, 9.17) is 0 Å². The van der Waals surface area contributed by atoms with Crippen molar-refractivity contribution in [3.05, 3.63) is 0 Å². The van der Waals surface area contributed by atoms with Gasteiger partial charge in [-0.1, -0.05) is 6.92 Å². The van der Waals surface area contributed by atoms with Gasteiger partial charge in [-0.05, 0) is 19.0 Å². The van der Waals surface area contributed by atoms with Crippen molar-refractivity contribution in [3.8, 4) is 0 Å². The summed E-state index contributed by atoms with van der Waals surface area (Å²) in [5, 5.41) is 3.22. The lowest BCUT2D eigenvalue weighted by atomic mass is 9.88. The second-order valence-electron chi connectivity index (χ2n) is 6.10. The summed E-state index contributed by atoms with van der Waals surface area (Å²) in [7, 11) is 3.55. The number of hydrogen-bond acceptors (Lipinski definition) is 4. The van der Waals surface area contributed by atoms with Gasteiger partial charge >= 0.3 is 0 Å². The molecule has 2 amide bonds. The van der Waals surface area contributed by atoms with Crippen LogP contribution >= 0.6 is 0 Å². The van der Waals surface area contributed by atoms with Gasteiger partial charge < -0.3 is 15.1 Å². The quantitative estimate of drug-likeness (QED) is 0.724. The Hall–Kier alpha value is -1.14. The second-order valence-corrected chi connectivity index (χ2v) is 6.10. The molecule has 0 radical (unpaired) electrons. The van der Waals surface area contributed by atoms with Gasteiger partial charge in [0.2, 0.25) is 11.8 Å². The van der Waals surface area contributed by atoms with Crippen LogP contribution in [0, 0.1) is 11.8 Å². The zero-order valence-corrected chi connectivity index (χ0v) is 12.8. The molecule has 2 fully saturated rings. The number of nitrogens with one attached hydrogen (secondary N) is 1. The van der Waals surface area contributed by atoms with Gasteiger partial charge in [0.25, 0.3) is 0 Å². The molecule has 0 aromatic heterocycles. The first-order valence-corrected chi connectivity index (χ1v) is 7.41.